The Morgan fingerprint density at radius 3 is 2.74 bits per heavy atom. The summed E-state index contributed by atoms with van der Waals surface area (Å²) in [5.41, 5.74) is 0.970. The summed E-state index contributed by atoms with van der Waals surface area (Å²) in [6.45, 7) is 1.44. The number of hydrogen-bond acceptors (Lipinski definition) is 3. The third-order valence-electron chi connectivity index (χ3n) is 3.34. The third-order valence-corrected chi connectivity index (χ3v) is 5.79. The molecular weight excluding hydrogens is 305 g/mol. The Bertz CT molecular complexity index is 560. The summed E-state index contributed by atoms with van der Waals surface area (Å²) in [7, 11) is -0.828. The Balaban J connectivity index is 1.94. The molecule has 1 fully saturated rings. The molecule has 106 valence electrons. The van der Waals surface area contributed by atoms with Crippen LogP contribution in [0.25, 0.3) is 0 Å². The molecule has 0 amide bonds. The van der Waals surface area contributed by atoms with Gasteiger partial charge in [-0.1, -0.05) is 23.2 Å². The van der Waals surface area contributed by atoms with E-state index in [9.17, 15) is 8.42 Å². The molecule has 0 N–H and O–H groups in total. The number of rotatable bonds is 4. The highest BCUT2D eigenvalue weighted by atomic mass is 35.5. The minimum Gasteiger partial charge on any atom is -0.302 e. The summed E-state index contributed by atoms with van der Waals surface area (Å²) in [4.78, 5) is 2.10. The van der Waals surface area contributed by atoms with Gasteiger partial charge in [0.05, 0.1) is 11.5 Å². The molecule has 1 aromatic rings. The van der Waals surface area contributed by atoms with Crippen LogP contribution in [0.15, 0.2) is 18.2 Å². The van der Waals surface area contributed by atoms with E-state index in [2.05, 4.69) is 4.90 Å². The standard InChI is InChI=1S/C13H17Cl2NO2S/c1-16(7-10-4-5-19(17,18)9-10)8-11-6-12(14)2-3-13(11)15/h2-3,6,10H,4-5,7-9H2,1H3/t10-/m1/s1. The maximum atomic E-state index is 11.4. The van der Waals surface area contributed by atoms with Crippen LogP contribution in [0, 0.1) is 5.92 Å². The van der Waals surface area contributed by atoms with Gasteiger partial charge in [0.2, 0.25) is 0 Å². The van der Waals surface area contributed by atoms with Crippen molar-refractivity contribution in [3.63, 3.8) is 0 Å². The first kappa shape index (κ1) is 15.1. The second-order valence-electron chi connectivity index (χ2n) is 5.20. The van der Waals surface area contributed by atoms with E-state index in [1.165, 1.54) is 0 Å². The Hall–Kier alpha value is -0.290. The molecule has 3 nitrogen and oxygen atoms in total. The van der Waals surface area contributed by atoms with Crippen LogP contribution in [0.4, 0.5) is 0 Å². The van der Waals surface area contributed by atoms with Gasteiger partial charge in [0.25, 0.3) is 0 Å². The predicted octanol–water partition coefficient (Wildman–Crippen LogP) is 2.86. The normalized spacial score (nSPS) is 22.0. The highest BCUT2D eigenvalue weighted by molar-refractivity contribution is 7.91. The zero-order valence-electron chi connectivity index (χ0n) is 10.8. The summed E-state index contributed by atoms with van der Waals surface area (Å²) in [5.74, 6) is 0.859. The van der Waals surface area contributed by atoms with Gasteiger partial charge in [0.1, 0.15) is 0 Å². The fourth-order valence-electron chi connectivity index (χ4n) is 2.48. The maximum absolute atomic E-state index is 11.4. The van der Waals surface area contributed by atoms with E-state index in [0.717, 1.165) is 18.5 Å². The molecule has 0 spiro atoms. The molecule has 1 saturated heterocycles. The SMILES string of the molecule is CN(Cc1cc(Cl)ccc1Cl)C[C@H]1CCS(=O)(=O)C1. The van der Waals surface area contributed by atoms with Crippen molar-refractivity contribution in [2.45, 2.75) is 13.0 Å². The van der Waals surface area contributed by atoms with Gasteiger partial charge in [-0.05, 0) is 43.1 Å². The lowest BCUT2D eigenvalue weighted by atomic mass is 10.1. The van der Waals surface area contributed by atoms with E-state index < -0.39 is 9.84 Å². The van der Waals surface area contributed by atoms with E-state index in [0.29, 0.717) is 28.1 Å². The van der Waals surface area contributed by atoms with Gasteiger partial charge in [-0.25, -0.2) is 8.42 Å². The summed E-state index contributed by atoms with van der Waals surface area (Å²) in [6, 6.07) is 5.40. The van der Waals surface area contributed by atoms with Crippen molar-refractivity contribution >= 4 is 33.0 Å². The molecule has 0 aliphatic carbocycles. The van der Waals surface area contributed by atoms with Gasteiger partial charge in [0.15, 0.2) is 9.84 Å². The first-order valence-corrected chi connectivity index (χ1v) is 8.76. The fraction of sp³-hybridized carbons (Fsp3) is 0.538. The fourth-order valence-corrected chi connectivity index (χ4v) is 4.70. The molecule has 0 aromatic heterocycles. The van der Waals surface area contributed by atoms with Crippen molar-refractivity contribution in [3.8, 4) is 0 Å². The van der Waals surface area contributed by atoms with Crippen molar-refractivity contribution < 1.29 is 8.42 Å². The first-order valence-electron chi connectivity index (χ1n) is 6.18. The Morgan fingerprint density at radius 2 is 2.11 bits per heavy atom. The van der Waals surface area contributed by atoms with Crippen LogP contribution in [-0.2, 0) is 16.4 Å². The number of nitrogens with zero attached hydrogens (tertiary/aromatic N) is 1. The molecule has 19 heavy (non-hydrogen) atoms. The average Bonchev–Trinajstić information content (AvgIpc) is 2.63. The molecule has 1 aliphatic heterocycles. The van der Waals surface area contributed by atoms with Crippen LogP contribution < -0.4 is 0 Å². The van der Waals surface area contributed by atoms with Gasteiger partial charge in [-0.3, -0.25) is 0 Å². The van der Waals surface area contributed by atoms with Crippen LogP contribution >= 0.6 is 23.2 Å². The number of halogens is 2. The molecule has 1 aromatic carbocycles. The Kier molecular flexibility index (Phi) is 4.77. The minimum atomic E-state index is -2.80. The molecule has 6 heteroatoms. The lowest BCUT2D eigenvalue weighted by molar-refractivity contribution is 0.281. The molecule has 1 atom stereocenters. The molecule has 0 radical (unpaired) electrons. The minimum absolute atomic E-state index is 0.230. The highest BCUT2D eigenvalue weighted by Crippen LogP contribution is 2.23. The van der Waals surface area contributed by atoms with E-state index in [-0.39, 0.29) is 5.92 Å². The molecule has 0 saturated carbocycles. The van der Waals surface area contributed by atoms with Gasteiger partial charge in [-0.15, -0.1) is 0 Å². The number of hydrogen-bond donors (Lipinski definition) is 0. The van der Waals surface area contributed by atoms with E-state index in [1.54, 1.807) is 12.1 Å². The third kappa shape index (κ3) is 4.35. The van der Waals surface area contributed by atoms with Crippen LogP contribution in [0.2, 0.25) is 10.0 Å². The molecule has 0 bridgehead atoms. The van der Waals surface area contributed by atoms with Crippen molar-refractivity contribution in [2.75, 3.05) is 25.1 Å². The maximum Gasteiger partial charge on any atom is 0.150 e. The Morgan fingerprint density at radius 1 is 1.37 bits per heavy atom. The van der Waals surface area contributed by atoms with E-state index in [1.807, 2.05) is 13.1 Å². The summed E-state index contributed by atoms with van der Waals surface area (Å²) in [6.07, 6.45) is 0.760. The van der Waals surface area contributed by atoms with Gasteiger partial charge < -0.3 is 4.90 Å². The topological polar surface area (TPSA) is 37.4 Å². The summed E-state index contributed by atoms with van der Waals surface area (Å²) in [5, 5.41) is 1.35. The van der Waals surface area contributed by atoms with Crippen LogP contribution in [-0.4, -0.2) is 38.4 Å². The first-order chi connectivity index (χ1) is 8.85. The zero-order valence-corrected chi connectivity index (χ0v) is 13.1. The number of benzene rings is 1. The largest absolute Gasteiger partial charge is 0.302 e. The van der Waals surface area contributed by atoms with E-state index >= 15 is 0 Å². The van der Waals surface area contributed by atoms with Gasteiger partial charge in [-0.2, -0.15) is 0 Å². The summed E-state index contributed by atoms with van der Waals surface area (Å²) < 4.78 is 22.8. The van der Waals surface area contributed by atoms with Crippen molar-refractivity contribution in [1.29, 1.82) is 0 Å². The average molecular weight is 322 g/mol. The lowest BCUT2D eigenvalue weighted by Crippen LogP contribution is -2.26. The second-order valence-corrected chi connectivity index (χ2v) is 8.27. The van der Waals surface area contributed by atoms with Crippen LogP contribution in [0.5, 0.6) is 0 Å². The molecule has 1 heterocycles. The number of sulfone groups is 1. The van der Waals surface area contributed by atoms with Crippen molar-refractivity contribution in [3.05, 3.63) is 33.8 Å². The molecule has 1 aliphatic rings. The van der Waals surface area contributed by atoms with Crippen molar-refractivity contribution in [2.24, 2.45) is 5.92 Å². The zero-order chi connectivity index (χ0) is 14.0. The molecular formula is C13H17Cl2NO2S. The highest BCUT2D eigenvalue weighted by Gasteiger charge is 2.28. The van der Waals surface area contributed by atoms with Crippen LogP contribution in [0.1, 0.15) is 12.0 Å². The van der Waals surface area contributed by atoms with Gasteiger partial charge in [0, 0.05) is 23.1 Å². The predicted molar refractivity (Wildman–Crippen MR) is 79.6 cm³/mol. The summed E-state index contributed by atoms with van der Waals surface area (Å²) >= 11 is 12.1. The van der Waals surface area contributed by atoms with Crippen molar-refractivity contribution in [1.82, 2.24) is 4.90 Å². The Labute approximate surface area is 124 Å². The monoisotopic (exact) mass is 321 g/mol. The lowest BCUT2D eigenvalue weighted by Gasteiger charge is -2.20. The second kappa shape index (κ2) is 6.00. The van der Waals surface area contributed by atoms with E-state index in [4.69, 9.17) is 23.2 Å². The quantitative estimate of drug-likeness (QED) is 0.855. The molecule has 2 rings (SSSR count). The van der Waals surface area contributed by atoms with Gasteiger partial charge >= 0.3 is 0 Å². The molecule has 0 unspecified atom stereocenters. The smallest absolute Gasteiger partial charge is 0.150 e. The van der Waals surface area contributed by atoms with Crippen LogP contribution in [0.3, 0.4) is 0 Å².